The van der Waals surface area contributed by atoms with E-state index in [2.05, 4.69) is 21.9 Å². The summed E-state index contributed by atoms with van der Waals surface area (Å²) < 4.78 is 2.03. The monoisotopic (exact) mass is 359 g/mol. The molecule has 1 amide bonds. The minimum absolute atomic E-state index is 0.143. The quantitative estimate of drug-likeness (QED) is 0.501. The number of nitrogens with one attached hydrogen (secondary N) is 2. The second-order valence-electron chi connectivity index (χ2n) is 6.22. The lowest BCUT2D eigenvalue weighted by atomic mass is 10.2. The summed E-state index contributed by atoms with van der Waals surface area (Å²) in [5.74, 6) is -0.222. The zero-order valence-corrected chi connectivity index (χ0v) is 15.1. The van der Waals surface area contributed by atoms with Gasteiger partial charge in [-0.1, -0.05) is 35.9 Å². The summed E-state index contributed by atoms with van der Waals surface area (Å²) in [6.07, 6.45) is 4.02. The van der Waals surface area contributed by atoms with Gasteiger partial charge in [-0.2, -0.15) is 10.4 Å². The first-order valence-corrected chi connectivity index (χ1v) is 8.74. The lowest BCUT2D eigenvalue weighted by molar-refractivity contribution is -0.119. The van der Waals surface area contributed by atoms with Crippen LogP contribution in [0.3, 0.4) is 0 Å². The van der Waals surface area contributed by atoms with E-state index in [9.17, 15) is 4.79 Å². The number of nitrogens with zero attached hydrogens (tertiary/aromatic N) is 3. The molecule has 3 rings (SSSR count). The molecule has 0 aliphatic heterocycles. The van der Waals surface area contributed by atoms with Gasteiger partial charge in [0.2, 0.25) is 0 Å². The highest BCUT2D eigenvalue weighted by atomic mass is 16.2. The molecule has 0 atom stereocenters. The highest BCUT2D eigenvalue weighted by Gasteiger charge is 2.06. The van der Waals surface area contributed by atoms with E-state index < -0.39 is 0 Å². The third-order valence-corrected chi connectivity index (χ3v) is 4.18. The molecule has 0 saturated carbocycles. The lowest BCUT2D eigenvalue weighted by Gasteiger charge is -2.05. The van der Waals surface area contributed by atoms with Crippen molar-refractivity contribution in [2.45, 2.75) is 19.9 Å². The van der Waals surface area contributed by atoms with Crippen LogP contribution in [0.2, 0.25) is 0 Å². The van der Waals surface area contributed by atoms with E-state index in [4.69, 9.17) is 5.26 Å². The molecule has 0 spiro atoms. The zero-order chi connectivity index (χ0) is 19.1. The largest absolute Gasteiger partial charge is 0.376 e. The van der Waals surface area contributed by atoms with Crippen LogP contribution in [0.5, 0.6) is 0 Å². The van der Waals surface area contributed by atoms with Gasteiger partial charge in [0, 0.05) is 34.9 Å². The van der Waals surface area contributed by atoms with Gasteiger partial charge in [0.05, 0.1) is 25.2 Å². The van der Waals surface area contributed by atoms with Crippen LogP contribution in [-0.2, 0) is 11.3 Å². The number of para-hydroxylation sites is 1. The van der Waals surface area contributed by atoms with Gasteiger partial charge in [-0.25, -0.2) is 5.43 Å². The first-order chi connectivity index (χ1) is 13.2. The smallest absolute Gasteiger partial charge is 0.259 e. The Morgan fingerprint density at radius 1 is 1.22 bits per heavy atom. The van der Waals surface area contributed by atoms with E-state index in [1.807, 2.05) is 66.2 Å². The number of nitriles is 1. The van der Waals surface area contributed by atoms with Crippen molar-refractivity contribution in [3.05, 3.63) is 65.9 Å². The van der Waals surface area contributed by atoms with Crippen molar-refractivity contribution in [3.8, 4) is 6.07 Å². The summed E-state index contributed by atoms with van der Waals surface area (Å²) in [7, 11) is 0. The van der Waals surface area contributed by atoms with Crippen LogP contribution in [0.4, 0.5) is 5.69 Å². The molecule has 136 valence electrons. The van der Waals surface area contributed by atoms with Crippen LogP contribution in [0.15, 0.2) is 59.8 Å². The third kappa shape index (κ3) is 4.73. The Hall–Kier alpha value is -3.59. The van der Waals surface area contributed by atoms with Crippen LogP contribution >= 0.6 is 0 Å². The van der Waals surface area contributed by atoms with Gasteiger partial charge in [-0.15, -0.1) is 0 Å². The maximum Gasteiger partial charge on any atom is 0.259 e. The number of benzene rings is 2. The summed E-state index contributed by atoms with van der Waals surface area (Å²) in [5, 5.41) is 17.0. The van der Waals surface area contributed by atoms with Gasteiger partial charge in [0.1, 0.15) is 0 Å². The van der Waals surface area contributed by atoms with Crippen molar-refractivity contribution < 1.29 is 4.79 Å². The number of anilines is 1. The molecule has 2 N–H and O–H groups in total. The molecule has 0 unspecified atom stereocenters. The summed E-state index contributed by atoms with van der Waals surface area (Å²) in [4.78, 5) is 12.0. The Kier molecular flexibility index (Phi) is 5.85. The zero-order valence-electron chi connectivity index (χ0n) is 15.1. The van der Waals surface area contributed by atoms with Crippen LogP contribution in [-0.4, -0.2) is 23.2 Å². The summed E-state index contributed by atoms with van der Waals surface area (Å²) in [6, 6.07) is 17.9. The Labute approximate surface area is 158 Å². The minimum atomic E-state index is -0.222. The van der Waals surface area contributed by atoms with E-state index in [0.717, 1.165) is 22.2 Å². The molecule has 0 saturated heterocycles. The van der Waals surface area contributed by atoms with E-state index in [1.54, 1.807) is 6.21 Å². The second-order valence-corrected chi connectivity index (χ2v) is 6.22. The summed E-state index contributed by atoms with van der Waals surface area (Å²) >= 11 is 0. The SMILES string of the molecule is Cc1ccc(NCC(=O)N/N=C\c2cn(CCC#N)c3ccccc23)cc1. The number of aryl methyl sites for hydroxylation is 2. The molecule has 0 fully saturated rings. The molecule has 6 heteroatoms. The highest BCUT2D eigenvalue weighted by Crippen LogP contribution is 2.20. The van der Waals surface area contributed by atoms with Gasteiger partial charge in [-0.05, 0) is 25.1 Å². The Morgan fingerprint density at radius 2 is 2.00 bits per heavy atom. The van der Waals surface area contributed by atoms with E-state index in [1.165, 1.54) is 5.56 Å². The van der Waals surface area contributed by atoms with Crippen LogP contribution in [0, 0.1) is 18.3 Å². The number of hydrazone groups is 1. The first kappa shape index (κ1) is 18.2. The Balaban J connectivity index is 1.61. The van der Waals surface area contributed by atoms with Crippen molar-refractivity contribution in [2.24, 2.45) is 5.10 Å². The molecule has 0 aliphatic carbocycles. The molecule has 3 aromatic rings. The van der Waals surface area contributed by atoms with Crippen molar-refractivity contribution in [2.75, 3.05) is 11.9 Å². The number of fused-ring (bicyclic) bond motifs is 1. The molecule has 6 nitrogen and oxygen atoms in total. The van der Waals surface area contributed by atoms with Gasteiger partial charge >= 0.3 is 0 Å². The predicted octanol–water partition coefficient (Wildman–Crippen LogP) is 3.43. The average molecular weight is 359 g/mol. The van der Waals surface area contributed by atoms with Gasteiger partial charge in [-0.3, -0.25) is 4.79 Å². The van der Waals surface area contributed by atoms with Gasteiger partial charge < -0.3 is 9.88 Å². The number of amides is 1. The van der Waals surface area contributed by atoms with Crippen LogP contribution < -0.4 is 10.7 Å². The van der Waals surface area contributed by atoms with E-state index in [-0.39, 0.29) is 12.5 Å². The van der Waals surface area contributed by atoms with Crippen LogP contribution in [0.25, 0.3) is 10.9 Å². The summed E-state index contributed by atoms with van der Waals surface area (Å²) in [6.45, 7) is 2.78. The standard InChI is InChI=1S/C21H21N5O/c1-16-7-9-18(10-8-16)23-14-21(27)25-24-13-17-15-26(12-4-11-22)20-6-3-2-5-19(17)20/h2-3,5-10,13,15,23H,4,12,14H2,1H3,(H,25,27)/b24-13-. The van der Waals surface area contributed by atoms with Crippen LogP contribution in [0.1, 0.15) is 17.5 Å². The summed E-state index contributed by atoms with van der Waals surface area (Å²) in [5.41, 5.74) is 6.54. The highest BCUT2D eigenvalue weighted by molar-refractivity contribution is 5.99. The number of aromatic nitrogens is 1. The number of hydrogen-bond donors (Lipinski definition) is 2. The number of hydrogen-bond acceptors (Lipinski definition) is 4. The normalized spacial score (nSPS) is 10.8. The molecule has 0 aliphatic rings. The maximum atomic E-state index is 12.0. The maximum absolute atomic E-state index is 12.0. The number of carbonyl (C=O) groups is 1. The first-order valence-electron chi connectivity index (χ1n) is 8.74. The van der Waals surface area contributed by atoms with Gasteiger partial charge in [0.15, 0.2) is 0 Å². The molecular formula is C21H21N5O. The van der Waals surface area contributed by atoms with Crippen molar-refractivity contribution in [1.29, 1.82) is 5.26 Å². The number of carbonyl (C=O) groups excluding carboxylic acids is 1. The fraction of sp³-hybridized carbons (Fsp3) is 0.190. The average Bonchev–Trinajstić information content (AvgIpc) is 3.04. The number of rotatable bonds is 7. The topological polar surface area (TPSA) is 82.2 Å². The molecule has 0 bridgehead atoms. The fourth-order valence-corrected chi connectivity index (χ4v) is 2.80. The predicted molar refractivity (Wildman–Crippen MR) is 108 cm³/mol. The Morgan fingerprint density at radius 3 is 2.78 bits per heavy atom. The molecular weight excluding hydrogens is 338 g/mol. The Bertz CT molecular complexity index is 996. The van der Waals surface area contributed by atoms with Crippen molar-refractivity contribution >= 4 is 28.7 Å². The van der Waals surface area contributed by atoms with Crippen molar-refractivity contribution in [3.63, 3.8) is 0 Å². The molecule has 0 radical (unpaired) electrons. The molecule has 2 aromatic carbocycles. The molecule has 1 aromatic heterocycles. The fourth-order valence-electron chi connectivity index (χ4n) is 2.80. The third-order valence-electron chi connectivity index (χ3n) is 4.18. The van der Waals surface area contributed by atoms with E-state index >= 15 is 0 Å². The lowest BCUT2D eigenvalue weighted by Crippen LogP contribution is -2.25. The minimum Gasteiger partial charge on any atom is -0.376 e. The van der Waals surface area contributed by atoms with E-state index in [0.29, 0.717) is 13.0 Å². The molecule has 27 heavy (non-hydrogen) atoms. The second kappa shape index (κ2) is 8.68. The van der Waals surface area contributed by atoms with Crippen molar-refractivity contribution in [1.82, 2.24) is 9.99 Å². The van der Waals surface area contributed by atoms with Gasteiger partial charge in [0.25, 0.3) is 5.91 Å². The molecule has 1 heterocycles.